The van der Waals surface area contributed by atoms with Crippen LogP contribution in [0.15, 0.2) is 12.1 Å². The highest BCUT2D eigenvalue weighted by molar-refractivity contribution is 5.25. The molecule has 0 amide bonds. The summed E-state index contributed by atoms with van der Waals surface area (Å²) in [6.45, 7) is 3.25. The maximum atomic E-state index is 14.4. The van der Waals surface area contributed by atoms with E-state index in [2.05, 4.69) is 10.2 Å². The number of piperazine rings is 1. The molecule has 3 rings (SSSR count). The van der Waals surface area contributed by atoms with E-state index in [9.17, 15) is 13.2 Å². The molecule has 0 bridgehead atoms. The Balaban J connectivity index is 1.96. The van der Waals surface area contributed by atoms with Crippen LogP contribution >= 0.6 is 0 Å². The van der Waals surface area contributed by atoms with Crippen molar-refractivity contribution in [1.82, 2.24) is 10.2 Å². The number of hydrogen-bond donors (Lipinski definition) is 1. The third kappa shape index (κ3) is 3.30. The molecule has 5 heteroatoms. The van der Waals surface area contributed by atoms with Gasteiger partial charge in [-0.3, -0.25) is 4.90 Å². The molecule has 1 saturated heterocycles. The van der Waals surface area contributed by atoms with E-state index in [0.717, 1.165) is 51.9 Å². The van der Waals surface area contributed by atoms with Gasteiger partial charge < -0.3 is 5.32 Å². The average Bonchev–Trinajstić information content (AvgIpc) is 2.54. The highest BCUT2D eigenvalue weighted by atomic mass is 19.2. The lowest BCUT2D eigenvalue weighted by Gasteiger charge is -2.41. The fourth-order valence-electron chi connectivity index (χ4n) is 3.95. The number of hydrogen-bond acceptors (Lipinski definition) is 2. The summed E-state index contributed by atoms with van der Waals surface area (Å²) in [7, 11) is 0. The van der Waals surface area contributed by atoms with Gasteiger partial charge >= 0.3 is 0 Å². The van der Waals surface area contributed by atoms with E-state index in [-0.39, 0.29) is 17.5 Å². The predicted molar refractivity (Wildman–Crippen MR) is 80.1 cm³/mol. The van der Waals surface area contributed by atoms with Crippen molar-refractivity contribution in [2.75, 3.05) is 26.2 Å². The van der Waals surface area contributed by atoms with E-state index in [1.165, 1.54) is 12.5 Å². The molecule has 0 radical (unpaired) electrons. The lowest BCUT2D eigenvalue weighted by atomic mass is 9.80. The third-order valence-corrected chi connectivity index (χ3v) is 4.98. The Morgan fingerprint density at radius 3 is 2.36 bits per heavy atom. The predicted octanol–water partition coefficient (Wildman–Crippen LogP) is 3.63. The van der Waals surface area contributed by atoms with Gasteiger partial charge in [-0.1, -0.05) is 19.3 Å². The van der Waals surface area contributed by atoms with Gasteiger partial charge in [-0.2, -0.15) is 0 Å². The van der Waals surface area contributed by atoms with Gasteiger partial charge in [-0.05, 0) is 24.8 Å². The molecular formula is C17H23F3N2. The fourth-order valence-corrected chi connectivity index (χ4v) is 3.95. The number of rotatable bonds is 3. The zero-order valence-corrected chi connectivity index (χ0v) is 12.8. The van der Waals surface area contributed by atoms with Crippen molar-refractivity contribution >= 4 is 0 Å². The van der Waals surface area contributed by atoms with E-state index in [0.29, 0.717) is 6.07 Å². The summed E-state index contributed by atoms with van der Waals surface area (Å²) >= 11 is 0. The number of halogens is 3. The Labute approximate surface area is 129 Å². The van der Waals surface area contributed by atoms with Crippen molar-refractivity contribution in [3.05, 3.63) is 35.1 Å². The summed E-state index contributed by atoms with van der Waals surface area (Å²) in [5.41, 5.74) is 0.200. The topological polar surface area (TPSA) is 15.3 Å². The molecule has 0 unspecified atom stereocenters. The van der Waals surface area contributed by atoms with Gasteiger partial charge in [0.2, 0.25) is 0 Å². The molecule has 122 valence electrons. The van der Waals surface area contributed by atoms with E-state index >= 15 is 0 Å². The summed E-state index contributed by atoms with van der Waals surface area (Å²) in [5.74, 6) is -2.37. The Morgan fingerprint density at radius 2 is 1.68 bits per heavy atom. The van der Waals surface area contributed by atoms with Crippen LogP contribution in [0.4, 0.5) is 13.2 Å². The summed E-state index contributed by atoms with van der Waals surface area (Å²) < 4.78 is 41.7. The minimum absolute atomic E-state index is 0.200. The molecule has 0 spiro atoms. The van der Waals surface area contributed by atoms with Gasteiger partial charge in [0, 0.05) is 43.9 Å². The van der Waals surface area contributed by atoms with Gasteiger partial charge in [0.05, 0.1) is 0 Å². The third-order valence-electron chi connectivity index (χ3n) is 4.98. The minimum Gasteiger partial charge on any atom is -0.314 e. The molecule has 1 aliphatic heterocycles. The SMILES string of the molecule is Fc1cc(F)c(F)c([C@@H](C2CCCCC2)N2CCNCC2)c1. The average molecular weight is 312 g/mol. The van der Waals surface area contributed by atoms with Gasteiger partial charge in [0.1, 0.15) is 5.82 Å². The maximum absolute atomic E-state index is 14.4. The highest BCUT2D eigenvalue weighted by Crippen LogP contribution is 2.40. The summed E-state index contributed by atoms with van der Waals surface area (Å²) in [6.07, 6.45) is 5.45. The standard InChI is InChI=1S/C17H23F3N2/c18-13-10-14(16(20)15(19)11-13)17(12-4-2-1-3-5-12)22-8-6-21-7-9-22/h10-12,17,21H,1-9H2/t17-/m1/s1. The minimum atomic E-state index is -1.08. The van der Waals surface area contributed by atoms with Crippen LogP contribution in [-0.2, 0) is 0 Å². The first-order valence-corrected chi connectivity index (χ1v) is 8.26. The molecule has 2 fully saturated rings. The Morgan fingerprint density at radius 1 is 1.00 bits per heavy atom. The summed E-state index contributed by atoms with van der Waals surface area (Å²) in [6, 6.07) is 1.61. The first-order chi connectivity index (χ1) is 10.7. The molecule has 1 aromatic carbocycles. The fraction of sp³-hybridized carbons (Fsp3) is 0.647. The Bertz CT molecular complexity index is 491. The van der Waals surface area contributed by atoms with Crippen LogP contribution < -0.4 is 5.32 Å². The van der Waals surface area contributed by atoms with E-state index < -0.39 is 17.5 Å². The first-order valence-electron chi connectivity index (χ1n) is 8.26. The molecule has 1 saturated carbocycles. The summed E-state index contributed by atoms with van der Waals surface area (Å²) in [4.78, 5) is 2.20. The largest absolute Gasteiger partial charge is 0.314 e. The van der Waals surface area contributed by atoms with Gasteiger partial charge in [-0.25, -0.2) is 13.2 Å². The quantitative estimate of drug-likeness (QED) is 0.858. The van der Waals surface area contributed by atoms with Crippen LogP contribution in [0.25, 0.3) is 0 Å². The van der Waals surface area contributed by atoms with Crippen molar-refractivity contribution in [2.24, 2.45) is 5.92 Å². The Hall–Kier alpha value is -1.07. The monoisotopic (exact) mass is 312 g/mol. The van der Waals surface area contributed by atoms with Crippen LogP contribution in [0.3, 0.4) is 0 Å². The Kier molecular flexibility index (Phi) is 5.03. The molecule has 1 aliphatic carbocycles. The van der Waals surface area contributed by atoms with E-state index in [1.807, 2.05) is 0 Å². The molecule has 2 nitrogen and oxygen atoms in total. The van der Waals surface area contributed by atoms with Crippen LogP contribution in [-0.4, -0.2) is 31.1 Å². The van der Waals surface area contributed by atoms with Crippen LogP contribution in [0.1, 0.15) is 43.7 Å². The number of nitrogens with one attached hydrogen (secondary N) is 1. The van der Waals surface area contributed by atoms with Crippen molar-refractivity contribution in [2.45, 2.75) is 38.1 Å². The van der Waals surface area contributed by atoms with Crippen molar-refractivity contribution < 1.29 is 13.2 Å². The van der Waals surface area contributed by atoms with Crippen molar-refractivity contribution in [3.63, 3.8) is 0 Å². The molecule has 1 aromatic rings. The molecule has 1 atom stereocenters. The normalized spacial score (nSPS) is 22.7. The smallest absolute Gasteiger partial charge is 0.163 e. The lowest BCUT2D eigenvalue weighted by Crippen LogP contribution is -2.47. The molecule has 1 heterocycles. The van der Waals surface area contributed by atoms with Crippen LogP contribution in [0, 0.1) is 23.4 Å². The molecule has 2 aliphatic rings. The van der Waals surface area contributed by atoms with E-state index in [1.54, 1.807) is 0 Å². The number of nitrogens with zero attached hydrogens (tertiary/aromatic N) is 1. The maximum Gasteiger partial charge on any atom is 0.163 e. The van der Waals surface area contributed by atoms with E-state index in [4.69, 9.17) is 0 Å². The second-order valence-corrected chi connectivity index (χ2v) is 6.42. The van der Waals surface area contributed by atoms with Crippen LogP contribution in [0.2, 0.25) is 0 Å². The zero-order chi connectivity index (χ0) is 15.5. The van der Waals surface area contributed by atoms with Gasteiger partial charge in [0.25, 0.3) is 0 Å². The number of benzene rings is 1. The molecular weight excluding hydrogens is 289 g/mol. The molecule has 22 heavy (non-hydrogen) atoms. The van der Waals surface area contributed by atoms with Crippen molar-refractivity contribution in [3.8, 4) is 0 Å². The summed E-state index contributed by atoms with van der Waals surface area (Å²) in [5, 5.41) is 3.28. The molecule has 1 N–H and O–H groups in total. The van der Waals surface area contributed by atoms with Gasteiger partial charge in [0.15, 0.2) is 11.6 Å². The first kappa shape index (κ1) is 15.8. The zero-order valence-electron chi connectivity index (χ0n) is 12.8. The van der Waals surface area contributed by atoms with Gasteiger partial charge in [-0.15, -0.1) is 0 Å². The molecule has 0 aromatic heterocycles. The van der Waals surface area contributed by atoms with Crippen LogP contribution in [0.5, 0.6) is 0 Å². The lowest BCUT2D eigenvalue weighted by molar-refractivity contribution is 0.0997. The highest BCUT2D eigenvalue weighted by Gasteiger charge is 2.33. The second kappa shape index (κ2) is 7.01. The van der Waals surface area contributed by atoms with Crippen molar-refractivity contribution in [1.29, 1.82) is 0 Å². The second-order valence-electron chi connectivity index (χ2n) is 6.42.